The van der Waals surface area contributed by atoms with Crippen molar-refractivity contribution in [1.82, 2.24) is 4.98 Å². The van der Waals surface area contributed by atoms with E-state index in [9.17, 15) is 0 Å². The molecule has 1 aromatic heterocycles. The van der Waals surface area contributed by atoms with Crippen LogP contribution in [0.4, 0.5) is 0 Å². The monoisotopic (exact) mass is 242 g/mol. The van der Waals surface area contributed by atoms with Crippen LogP contribution in [0.1, 0.15) is 23.5 Å². The number of methoxy groups -OCH3 is 1. The van der Waals surface area contributed by atoms with Gasteiger partial charge in [0.1, 0.15) is 10.6 Å². The topological polar surface area (TPSA) is 57.4 Å². The quantitative estimate of drug-likeness (QED) is 0.864. The Balaban J connectivity index is 2.18. The van der Waals surface area contributed by atoms with Crippen LogP contribution in [0.15, 0.2) is 5.38 Å². The lowest BCUT2D eigenvalue weighted by molar-refractivity contribution is -0.0948. The normalized spacial score (nSPS) is 19.9. The Kier molecular flexibility index (Phi) is 3.91. The van der Waals surface area contributed by atoms with E-state index in [0.29, 0.717) is 6.54 Å². The number of thiazole rings is 1. The Hall–Kier alpha value is -0.490. The molecule has 0 radical (unpaired) electrons. The third-order valence-electron chi connectivity index (χ3n) is 3.03. The van der Waals surface area contributed by atoms with Crippen molar-refractivity contribution in [3.8, 4) is 0 Å². The second-order valence-corrected chi connectivity index (χ2v) is 4.85. The van der Waals surface area contributed by atoms with E-state index in [1.807, 2.05) is 0 Å². The summed E-state index contributed by atoms with van der Waals surface area (Å²) >= 11 is 1.67. The van der Waals surface area contributed by atoms with Crippen LogP contribution >= 0.6 is 11.3 Å². The maximum absolute atomic E-state index is 5.69. The fourth-order valence-corrected chi connectivity index (χ4v) is 3.08. The van der Waals surface area contributed by atoms with Gasteiger partial charge in [-0.25, -0.2) is 4.98 Å². The number of hydrogen-bond acceptors (Lipinski definition) is 5. The van der Waals surface area contributed by atoms with Crippen LogP contribution in [-0.4, -0.2) is 31.9 Å². The van der Waals surface area contributed by atoms with Gasteiger partial charge in [0, 0.05) is 45.0 Å². The minimum atomic E-state index is -0.226. The highest BCUT2D eigenvalue weighted by Gasteiger charge is 2.37. The van der Waals surface area contributed by atoms with Crippen molar-refractivity contribution in [2.75, 3.05) is 26.9 Å². The molecule has 16 heavy (non-hydrogen) atoms. The van der Waals surface area contributed by atoms with Crippen LogP contribution in [0.2, 0.25) is 0 Å². The van der Waals surface area contributed by atoms with Gasteiger partial charge in [0.15, 0.2) is 0 Å². The molecule has 1 aliphatic heterocycles. The fourth-order valence-electron chi connectivity index (χ4n) is 1.99. The zero-order chi connectivity index (χ0) is 11.4. The smallest absolute Gasteiger partial charge is 0.125 e. The summed E-state index contributed by atoms with van der Waals surface area (Å²) in [5.74, 6) is 0. The van der Waals surface area contributed by atoms with Crippen LogP contribution in [0.25, 0.3) is 0 Å². The summed E-state index contributed by atoms with van der Waals surface area (Å²) in [5.41, 5.74) is 6.38. The highest BCUT2D eigenvalue weighted by Crippen LogP contribution is 2.37. The van der Waals surface area contributed by atoms with Gasteiger partial charge in [-0.05, 0) is 6.54 Å². The van der Waals surface area contributed by atoms with Gasteiger partial charge in [0.25, 0.3) is 0 Å². The van der Waals surface area contributed by atoms with Crippen molar-refractivity contribution in [2.45, 2.75) is 24.9 Å². The molecule has 0 bridgehead atoms. The molecule has 0 saturated carbocycles. The molecule has 0 amide bonds. The highest BCUT2D eigenvalue weighted by atomic mass is 32.1. The van der Waals surface area contributed by atoms with Gasteiger partial charge in [0.05, 0.1) is 5.69 Å². The van der Waals surface area contributed by atoms with E-state index in [4.69, 9.17) is 15.2 Å². The Bertz CT molecular complexity index is 334. The predicted molar refractivity (Wildman–Crippen MR) is 63.6 cm³/mol. The SMILES string of the molecule is COC1(c2nc(CCN)cs2)CCOCC1. The van der Waals surface area contributed by atoms with Crippen molar-refractivity contribution in [2.24, 2.45) is 5.73 Å². The van der Waals surface area contributed by atoms with Crippen LogP contribution in [0.5, 0.6) is 0 Å². The van der Waals surface area contributed by atoms with Crippen LogP contribution < -0.4 is 5.73 Å². The van der Waals surface area contributed by atoms with Gasteiger partial charge in [-0.2, -0.15) is 0 Å². The van der Waals surface area contributed by atoms with Gasteiger partial charge in [-0.1, -0.05) is 0 Å². The summed E-state index contributed by atoms with van der Waals surface area (Å²) < 4.78 is 11.1. The molecular formula is C11H18N2O2S. The van der Waals surface area contributed by atoms with E-state index in [1.165, 1.54) is 0 Å². The predicted octanol–water partition coefficient (Wildman–Crippen LogP) is 1.30. The Morgan fingerprint density at radius 1 is 1.56 bits per heavy atom. The average molecular weight is 242 g/mol. The first-order valence-electron chi connectivity index (χ1n) is 5.58. The first kappa shape index (κ1) is 12.0. The van der Waals surface area contributed by atoms with Gasteiger partial charge in [-0.15, -0.1) is 11.3 Å². The summed E-state index contributed by atoms with van der Waals surface area (Å²) in [6.45, 7) is 2.14. The third kappa shape index (κ3) is 2.27. The number of aromatic nitrogens is 1. The summed E-state index contributed by atoms with van der Waals surface area (Å²) in [7, 11) is 1.76. The Morgan fingerprint density at radius 3 is 2.94 bits per heavy atom. The van der Waals surface area contributed by atoms with Gasteiger partial charge in [0.2, 0.25) is 0 Å². The number of nitrogens with two attached hydrogens (primary N) is 1. The summed E-state index contributed by atoms with van der Waals surface area (Å²) in [5, 5.41) is 3.15. The molecule has 2 rings (SSSR count). The zero-order valence-corrected chi connectivity index (χ0v) is 10.4. The van der Waals surface area contributed by atoms with E-state index >= 15 is 0 Å². The average Bonchev–Trinajstić information content (AvgIpc) is 2.80. The molecule has 1 saturated heterocycles. The van der Waals surface area contributed by atoms with E-state index in [-0.39, 0.29) is 5.60 Å². The number of nitrogens with zero attached hydrogens (tertiary/aromatic N) is 1. The second kappa shape index (κ2) is 5.23. The van der Waals surface area contributed by atoms with Crippen molar-refractivity contribution in [3.05, 3.63) is 16.1 Å². The van der Waals surface area contributed by atoms with E-state index < -0.39 is 0 Å². The van der Waals surface area contributed by atoms with E-state index in [1.54, 1.807) is 18.4 Å². The summed E-state index contributed by atoms with van der Waals surface area (Å²) in [6.07, 6.45) is 2.62. The molecular weight excluding hydrogens is 224 g/mol. The maximum atomic E-state index is 5.69. The molecule has 1 aliphatic rings. The molecule has 90 valence electrons. The lowest BCUT2D eigenvalue weighted by Crippen LogP contribution is -2.35. The third-order valence-corrected chi connectivity index (χ3v) is 4.11. The molecule has 0 aliphatic carbocycles. The lowest BCUT2D eigenvalue weighted by Gasteiger charge is -2.33. The fraction of sp³-hybridized carbons (Fsp3) is 0.727. The number of rotatable bonds is 4. The minimum Gasteiger partial charge on any atom is -0.381 e. The van der Waals surface area contributed by atoms with Gasteiger partial charge in [-0.3, -0.25) is 0 Å². The molecule has 1 fully saturated rings. The molecule has 2 N–H and O–H groups in total. The largest absolute Gasteiger partial charge is 0.381 e. The molecule has 1 aromatic rings. The molecule has 2 heterocycles. The van der Waals surface area contributed by atoms with Crippen molar-refractivity contribution < 1.29 is 9.47 Å². The van der Waals surface area contributed by atoms with Crippen LogP contribution in [0, 0.1) is 0 Å². The Labute approximate surface area is 99.8 Å². The van der Waals surface area contributed by atoms with E-state index in [0.717, 1.165) is 43.2 Å². The minimum absolute atomic E-state index is 0.226. The summed E-state index contributed by atoms with van der Waals surface area (Å²) in [6, 6.07) is 0. The molecule has 5 heteroatoms. The molecule has 0 spiro atoms. The van der Waals surface area contributed by atoms with Crippen molar-refractivity contribution in [3.63, 3.8) is 0 Å². The Morgan fingerprint density at radius 2 is 2.31 bits per heavy atom. The zero-order valence-electron chi connectivity index (χ0n) is 9.57. The first-order chi connectivity index (χ1) is 7.80. The highest BCUT2D eigenvalue weighted by molar-refractivity contribution is 7.09. The second-order valence-electron chi connectivity index (χ2n) is 3.99. The van der Waals surface area contributed by atoms with Crippen LogP contribution in [-0.2, 0) is 21.5 Å². The number of hydrogen-bond donors (Lipinski definition) is 1. The first-order valence-corrected chi connectivity index (χ1v) is 6.46. The van der Waals surface area contributed by atoms with Crippen molar-refractivity contribution >= 4 is 11.3 Å². The lowest BCUT2D eigenvalue weighted by atomic mass is 9.95. The van der Waals surface area contributed by atoms with Crippen LogP contribution in [0.3, 0.4) is 0 Å². The maximum Gasteiger partial charge on any atom is 0.125 e. The van der Waals surface area contributed by atoms with Gasteiger partial charge < -0.3 is 15.2 Å². The van der Waals surface area contributed by atoms with E-state index in [2.05, 4.69) is 10.4 Å². The summed E-state index contributed by atoms with van der Waals surface area (Å²) in [4.78, 5) is 4.62. The number of ether oxygens (including phenoxy) is 2. The standard InChI is InChI=1S/C11H18N2O2S/c1-14-11(3-6-15-7-4-11)10-13-9(2-5-12)8-16-10/h8H,2-7,12H2,1H3. The molecule has 0 atom stereocenters. The molecule has 0 unspecified atom stereocenters. The van der Waals surface area contributed by atoms with Gasteiger partial charge >= 0.3 is 0 Å². The molecule has 4 nitrogen and oxygen atoms in total. The molecule has 0 aromatic carbocycles. The van der Waals surface area contributed by atoms with Crippen molar-refractivity contribution in [1.29, 1.82) is 0 Å².